The van der Waals surface area contributed by atoms with Gasteiger partial charge in [0.25, 0.3) is 5.91 Å². The molecular weight excluding hydrogens is 326 g/mol. The summed E-state index contributed by atoms with van der Waals surface area (Å²) in [7, 11) is 1.65. The van der Waals surface area contributed by atoms with Crippen LogP contribution < -0.4 is 16.2 Å². The van der Waals surface area contributed by atoms with Gasteiger partial charge >= 0.3 is 0 Å². The van der Waals surface area contributed by atoms with E-state index in [-0.39, 0.29) is 5.91 Å². The maximum absolute atomic E-state index is 12.2. The molecule has 7 nitrogen and oxygen atoms in total. The van der Waals surface area contributed by atoms with Gasteiger partial charge in [0.05, 0.1) is 11.0 Å². The van der Waals surface area contributed by atoms with Gasteiger partial charge < -0.3 is 14.6 Å². The first-order valence-corrected chi connectivity index (χ1v) is 8.27. The summed E-state index contributed by atoms with van der Waals surface area (Å²) in [6.07, 6.45) is 0.836. The van der Waals surface area contributed by atoms with Gasteiger partial charge in [-0.15, -0.1) is 0 Å². The van der Waals surface area contributed by atoms with Crippen LogP contribution in [-0.4, -0.2) is 40.8 Å². The molecule has 0 saturated carbocycles. The second kappa shape index (κ2) is 8.60. The number of amides is 1. The molecule has 2 aromatic rings. The quantitative estimate of drug-likeness (QED) is 0.417. The molecule has 1 amide bonds. The van der Waals surface area contributed by atoms with E-state index in [4.69, 9.17) is 17.0 Å². The first kappa shape index (κ1) is 18.2. The van der Waals surface area contributed by atoms with Crippen LogP contribution in [0.25, 0.3) is 11.0 Å². The lowest BCUT2D eigenvalue weighted by Crippen LogP contribution is -2.47. The Morgan fingerprint density at radius 3 is 2.88 bits per heavy atom. The highest BCUT2D eigenvalue weighted by atomic mass is 32.1. The number of nitrogens with zero attached hydrogens (tertiary/aromatic N) is 2. The third-order valence-electron chi connectivity index (χ3n) is 3.62. The van der Waals surface area contributed by atoms with Crippen LogP contribution in [0.15, 0.2) is 18.2 Å². The summed E-state index contributed by atoms with van der Waals surface area (Å²) in [6.45, 7) is 6.21. The fraction of sp³-hybridized carbons (Fsp3) is 0.438. The van der Waals surface area contributed by atoms with E-state index in [0.29, 0.717) is 23.8 Å². The predicted octanol–water partition coefficient (Wildman–Crippen LogP) is 1.51. The molecule has 0 fully saturated rings. The molecule has 0 aliphatic carbocycles. The smallest absolute Gasteiger partial charge is 0.269 e. The summed E-state index contributed by atoms with van der Waals surface area (Å²) in [6, 6.07) is 5.47. The summed E-state index contributed by atoms with van der Waals surface area (Å²) in [4.78, 5) is 16.7. The Balaban J connectivity index is 1.93. The molecule has 0 aliphatic rings. The highest BCUT2D eigenvalue weighted by molar-refractivity contribution is 7.80. The van der Waals surface area contributed by atoms with Crippen LogP contribution in [0.1, 0.15) is 29.5 Å². The van der Waals surface area contributed by atoms with Gasteiger partial charge in [0.2, 0.25) is 0 Å². The molecule has 1 aromatic carbocycles. The molecule has 1 heterocycles. The Morgan fingerprint density at radius 1 is 1.38 bits per heavy atom. The summed E-state index contributed by atoms with van der Waals surface area (Å²) in [5.41, 5.74) is 7.63. The van der Waals surface area contributed by atoms with Gasteiger partial charge in [-0.1, -0.05) is 0 Å². The van der Waals surface area contributed by atoms with Crippen molar-refractivity contribution < 1.29 is 9.53 Å². The number of methoxy groups -OCH3 is 1. The molecule has 8 heteroatoms. The van der Waals surface area contributed by atoms with E-state index in [0.717, 1.165) is 29.8 Å². The van der Waals surface area contributed by atoms with E-state index in [2.05, 4.69) is 32.6 Å². The monoisotopic (exact) mass is 349 g/mol. The zero-order chi connectivity index (χ0) is 17.5. The maximum Gasteiger partial charge on any atom is 0.269 e. The molecule has 0 spiro atoms. The molecule has 0 bridgehead atoms. The second-order valence-electron chi connectivity index (χ2n) is 5.29. The molecule has 0 unspecified atom stereocenters. The fourth-order valence-corrected chi connectivity index (χ4v) is 2.59. The third kappa shape index (κ3) is 4.42. The maximum atomic E-state index is 12.2. The average molecular weight is 349 g/mol. The number of ether oxygens (including phenoxy) is 1. The fourth-order valence-electron chi connectivity index (χ4n) is 2.44. The summed E-state index contributed by atoms with van der Waals surface area (Å²) in [5, 5.41) is 3.35. The van der Waals surface area contributed by atoms with Crippen LogP contribution in [0.3, 0.4) is 0 Å². The molecule has 130 valence electrons. The van der Waals surface area contributed by atoms with Gasteiger partial charge in [0.1, 0.15) is 5.82 Å². The lowest BCUT2D eigenvalue weighted by Gasteiger charge is -2.11. The molecule has 24 heavy (non-hydrogen) atoms. The number of rotatable bonds is 6. The van der Waals surface area contributed by atoms with Crippen molar-refractivity contribution in [1.29, 1.82) is 0 Å². The lowest BCUT2D eigenvalue weighted by molar-refractivity contribution is 0.0943. The molecular formula is C16H23N5O2S. The van der Waals surface area contributed by atoms with Crippen molar-refractivity contribution in [1.82, 2.24) is 25.7 Å². The van der Waals surface area contributed by atoms with Crippen molar-refractivity contribution in [3.8, 4) is 0 Å². The minimum Gasteiger partial charge on any atom is -0.385 e. The van der Waals surface area contributed by atoms with Gasteiger partial charge in [0.15, 0.2) is 5.11 Å². The number of aromatic nitrogens is 2. The van der Waals surface area contributed by atoms with Crippen LogP contribution >= 0.6 is 12.2 Å². The van der Waals surface area contributed by atoms with E-state index in [1.807, 2.05) is 13.0 Å². The minimum atomic E-state index is -0.262. The van der Waals surface area contributed by atoms with E-state index in [1.165, 1.54) is 0 Å². The number of carbonyl (C=O) groups excluding carboxylic acids is 1. The zero-order valence-corrected chi connectivity index (χ0v) is 15.0. The zero-order valence-electron chi connectivity index (χ0n) is 14.2. The second-order valence-corrected chi connectivity index (χ2v) is 5.70. The Morgan fingerprint density at radius 2 is 2.17 bits per heavy atom. The van der Waals surface area contributed by atoms with E-state index in [9.17, 15) is 4.79 Å². The van der Waals surface area contributed by atoms with Gasteiger partial charge in [-0.3, -0.25) is 15.6 Å². The Hall–Kier alpha value is -2.19. The van der Waals surface area contributed by atoms with Gasteiger partial charge in [-0.05, 0) is 50.7 Å². The van der Waals surface area contributed by atoms with Crippen LogP contribution in [0.5, 0.6) is 0 Å². The SMILES string of the molecule is CCn1c(C)nc2cc(C(=O)NNC(=S)NCCCOC)ccc21. The molecule has 0 aliphatic heterocycles. The van der Waals surface area contributed by atoms with Crippen molar-refractivity contribution in [3.05, 3.63) is 29.6 Å². The number of thiocarbonyl (C=S) groups is 1. The number of hydrazine groups is 1. The Labute approximate surface area is 146 Å². The number of hydrogen-bond acceptors (Lipinski definition) is 4. The number of aryl methyl sites for hydroxylation is 2. The molecule has 0 saturated heterocycles. The topological polar surface area (TPSA) is 80.2 Å². The number of imidazole rings is 1. The van der Waals surface area contributed by atoms with Crippen LogP contribution in [0.4, 0.5) is 0 Å². The van der Waals surface area contributed by atoms with Crippen molar-refractivity contribution in [3.63, 3.8) is 0 Å². The summed E-state index contributed by atoms with van der Waals surface area (Å²) >= 11 is 5.09. The average Bonchev–Trinajstić information content (AvgIpc) is 2.90. The molecule has 0 radical (unpaired) electrons. The van der Waals surface area contributed by atoms with Crippen LogP contribution in [0, 0.1) is 6.92 Å². The third-order valence-corrected chi connectivity index (χ3v) is 3.86. The highest BCUT2D eigenvalue weighted by Crippen LogP contribution is 2.17. The van der Waals surface area contributed by atoms with Crippen LogP contribution in [0.2, 0.25) is 0 Å². The number of benzene rings is 1. The van der Waals surface area contributed by atoms with Gasteiger partial charge in [-0.25, -0.2) is 4.98 Å². The largest absolute Gasteiger partial charge is 0.385 e. The summed E-state index contributed by atoms with van der Waals surface area (Å²) in [5.74, 6) is 0.672. The first-order chi connectivity index (χ1) is 11.6. The summed E-state index contributed by atoms with van der Waals surface area (Å²) < 4.78 is 7.06. The standard InChI is InChI=1S/C16H23N5O2S/c1-4-21-11(2)18-13-10-12(6-7-14(13)21)15(22)19-20-16(24)17-8-5-9-23-3/h6-7,10H,4-5,8-9H2,1-3H3,(H,19,22)(H2,17,20,24). The minimum absolute atomic E-state index is 0.262. The Kier molecular flexibility index (Phi) is 6.51. The predicted molar refractivity (Wildman–Crippen MR) is 97.8 cm³/mol. The van der Waals surface area contributed by atoms with Crippen molar-refractivity contribution >= 4 is 34.3 Å². The van der Waals surface area contributed by atoms with E-state index in [1.54, 1.807) is 19.2 Å². The normalized spacial score (nSPS) is 10.6. The molecule has 1 aromatic heterocycles. The molecule has 0 atom stereocenters. The van der Waals surface area contributed by atoms with Crippen LogP contribution in [-0.2, 0) is 11.3 Å². The van der Waals surface area contributed by atoms with Gasteiger partial charge in [0, 0.05) is 32.4 Å². The van der Waals surface area contributed by atoms with E-state index < -0.39 is 0 Å². The van der Waals surface area contributed by atoms with E-state index >= 15 is 0 Å². The molecule has 3 N–H and O–H groups in total. The molecule has 2 rings (SSSR count). The lowest BCUT2D eigenvalue weighted by atomic mass is 10.2. The number of fused-ring (bicyclic) bond motifs is 1. The number of nitrogens with one attached hydrogen (secondary N) is 3. The highest BCUT2D eigenvalue weighted by Gasteiger charge is 2.11. The van der Waals surface area contributed by atoms with Crippen molar-refractivity contribution in [2.75, 3.05) is 20.3 Å². The number of hydrogen-bond donors (Lipinski definition) is 3. The van der Waals surface area contributed by atoms with Crippen molar-refractivity contribution in [2.24, 2.45) is 0 Å². The Bertz CT molecular complexity index is 729. The first-order valence-electron chi connectivity index (χ1n) is 7.86. The number of carbonyl (C=O) groups is 1. The van der Waals surface area contributed by atoms with Gasteiger partial charge in [-0.2, -0.15) is 0 Å². The van der Waals surface area contributed by atoms with Crippen molar-refractivity contribution in [2.45, 2.75) is 26.8 Å².